The molecule has 11 nitrogen and oxygen atoms in total. The van der Waals surface area contributed by atoms with Gasteiger partial charge in [-0.25, -0.2) is 14.2 Å². The van der Waals surface area contributed by atoms with Gasteiger partial charge in [0.05, 0.1) is 17.3 Å². The number of nitrogens with one attached hydrogen (secondary N) is 3. The normalized spacial score (nSPS) is 12.9. The van der Waals surface area contributed by atoms with Crippen molar-refractivity contribution >= 4 is 39.6 Å². The molecule has 2 aromatic carbocycles. The third-order valence-electron chi connectivity index (χ3n) is 5.56. The van der Waals surface area contributed by atoms with Crippen molar-refractivity contribution in [2.45, 2.75) is 24.9 Å². The number of fused-ring (bicyclic) bond motifs is 2. The van der Waals surface area contributed by atoms with Crippen LogP contribution in [0.3, 0.4) is 0 Å². The third kappa shape index (κ3) is 4.31. The Balaban J connectivity index is 1.83. The topological polar surface area (TPSA) is 180 Å². The zero-order valence-electron chi connectivity index (χ0n) is 17.8. The van der Waals surface area contributed by atoms with Crippen LogP contribution >= 0.6 is 0 Å². The largest absolute Gasteiger partial charge is 0.480 e. The molecule has 4 rings (SSSR count). The predicted octanol–water partition coefficient (Wildman–Crippen LogP) is 0.400. The van der Waals surface area contributed by atoms with Gasteiger partial charge in [-0.2, -0.15) is 0 Å². The minimum Gasteiger partial charge on any atom is -0.480 e. The molecule has 0 saturated heterocycles. The highest BCUT2D eigenvalue weighted by Gasteiger charge is 2.30. The molecule has 2 aromatic heterocycles. The molecule has 6 N–H and O–H groups in total. The Morgan fingerprint density at radius 1 is 1.00 bits per heavy atom. The smallest absolute Gasteiger partial charge is 0.329 e. The lowest BCUT2D eigenvalue weighted by atomic mass is 10.0. The van der Waals surface area contributed by atoms with Gasteiger partial charge in [-0.3, -0.25) is 14.4 Å². The predicted molar refractivity (Wildman–Crippen MR) is 123 cm³/mol. The maximum Gasteiger partial charge on any atom is 0.329 e. The van der Waals surface area contributed by atoms with Crippen LogP contribution in [-0.2, 0) is 20.8 Å². The van der Waals surface area contributed by atoms with Gasteiger partial charge in [-0.05, 0) is 23.8 Å². The van der Waals surface area contributed by atoms with Gasteiger partial charge in [-0.1, -0.05) is 30.3 Å². The number of H-pyrrole nitrogens is 2. The van der Waals surface area contributed by atoms with E-state index in [9.17, 15) is 29.1 Å². The van der Waals surface area contributed by atoms with E-state index in [1.807, 2.05) is 18.2 Å². The Bertz CT molecular complexity index is 1530. The fourth-order valence-electron chi connectivity index (χ4n) is 3.94. The number of benzene rings is 2. The number of para-hydroxylation sites is 2. The Morgan fingerprint density at radius 2 is 1.65 bits per heavy atom. The minimum absolute atomic E-state index is 0.0971. The summed E-state index contributed by atoms with van der Waals surface area (Å²) in [6.07, 6.45) is 0.910. The van der Waals surface area contributed by atoms with Crippen molar-refractivity contribution in [2.75, 3.05) is 0 Å². The lowest BCUT2D eigenvalue weighted by Crippen LogP contribution is -2.50. The number of primary amides is 1. The molecule has 2 amide bonds. The Kier molecular flexibility index (Phi) is 6.00. The minimum atomic E-state index is -1.62. The van der Waals surface area contributed by atoms with Crippen LogP contribution in [0, 0.1) is 0 Å². The average Bonchev–Trinajstić information content (AvgIpc) is 3.20. The van der Waals surface area contributed by atoms with E-state index in [0.717, 1.165) is 15.5 Å². The number of hydrogen-bond donors (Lipinski definition) is 5. The number of carboxylic acids is 1. The molecule has 0 aliphatic heterocycles. The van der Waals surface area contributed by atoms with Crippen molar-refractivity contribution in [3.05, 3.63) is 81.1 Å². The second-order valence-electron chi connectivity index (χ2n) is 7.80. The van der Waals surface area contributed by atoms with Gasteiger partial charge in [0, 0.05) is 23.5 Å². The van der Waals surface area contributed by atoms with Crippen molar-refractivity contribution in [1.29, 1.82) is 0 Å². The highest BCUT2D eigenvalue weighted by atomic mass is 16.4. The van der Waals surface area contributed by atoms with Crippen LogP contribution in [0.2, 0.25) is 0 Å². The Morgan fingerprint density at radius 3 is 2.32 bits per heavy atom. The summed E-state index contributed by atoms with van der Waals surface area (Å²) in [6.45, 7) is 0. The monoisotopic (exact) mass is 463 g/mol. The molecule has 0 aliphatic rings. The fraction of sp³-hybridized carbons (Fsp3) is 0.174. The molecular weight excluding hydrogens is 442 g/mol. The first-order chi connectivity index (χ1) is 16.3. The second-order valence-corrected chi connectivity index (χ2v) is 7.80. The highest BCUT2D eigenvalue weighted by Crippen LogP contribution is 2.22. The van der Waals surface area contributed by atoms with Gasteiger partial charge in [0.15, 0.2) is 0 Å². The van der Waals surface area contributed by atoms with Gasteiger partial charge >= 0.3 is 11.7 Å². The van der Waals surface area contributed by atoms with Gasteiger partial charge in [0.25, 0.3) is 5.56 Å². The van der Waals surface area contributed by atoms with Crippen molar-refractivity contribution in [2.24, 2.45) is 5.73 Å². The molecule has 11 heteroatoms. The summed E-state index contributed by atoms with van der Waals surface area (Å²) in [5.41, 5.74) is 5.30. The van der Waals surface area contributed by atoms with Crippen molar-refractivity contribution in [1.82, 2.24) is 19.9 Å². The van der Waals surface area contributed by atoms with E-state index in [2.05, 4.69) is 15.3 Å². The van der Waals surface area contributed by atoms with E-state index in [1.165, 1.54) is 6.07 Å². The number of nitrogens with two attached hydrogens (primary N) is 1. The maximum absolute atomic E-state index is 13.3. The summed E-state index contributed by atoms with van der Waals surface area (Å²) in [5.74, 6) is -3.32. The summed E-state index contributed by atoms with van der Waals surface area (Å²) < 4.78 is 0.766. The molecule has 4 aromatic rings. The average molecular weight is 463 g/mol. The van der Waals surface area contributed by atoms with Crippen LogP contribution < -0.4 is 22.3 Å². The number of carbonyl (C=O) groups is 3. The molecule has 0 radical (unpaired) electrons. The number of carboxylic acid groups (broad SMARTS) is 1. The van der Waals surface area contributed by atoms with Crippen LogP contribution in [-0.4, -0.2) is 43.5 Å². The number of aromatic amines is 2. The Labute approximate surface area is 191 Å². The number of aromatic nitrogens is 3. The van der Waals surface area contributed by atoms with E-state index in [4.69, 9.17) is 5.73 Å². The summed E-state index contributed by atoms with van der Waals surface area (Å²) >= 11 is 0. The standard InChI is InChI=1S/C23H21N5O6/c24-19(29)10-17(22(32)33)26-20(30)18(9-12-11-25-15-7-3-1-5-13(12)15)28-21(31)14-6-2-4-8-16(14)27-23(28)34/h1-8,11,17-18,25H,9-10H2,(H2,24,29)(H,26,30)(H,27,34)(H,32,33). The first-order valence-corrected chi connectivity index (χ1v) is 10.4. The summed E-state index contributed by atoms with van der Waals surface area (Å²) in [6, 6.07) is 10.6. The molecule has 0 aliphatic carbocycles. The van der Waals surface area contributed by atoms with E-state index in [1.54, 1.807) is 30.5 Å². The lowest BCUT2D eigenvalue weighted by molar-refractivity contribution is -0.143. The summed E-state index contributed by atoms with van der Waals surface area (Å²) in [7, 11) is 0. The zero-order chi connectivity index (χ0) is 24.4. The number of aliphatic carboxylic acids is 1. The number of amides is 2. The maximum atomic E-state index is 13.3. The molecule has 0 saturated carbocycles. The number of nitrogens with zero attached hydrogens (tertiary/aromatic N) is 1. The van der Waals surface area contributed by atoms with Crippen LogP contribution in [0.15, 0.2) is 64.3 Å². The van der Waals surface area contributed by atoms with Gasteiger partial charge in [-0.15, -0.1) is 0 Å². The van der Waals surface area contributed by atoms with Crippen molar-refractivity contribution in [3.63, 3.8) is 0 Å². The first-order valence-electron chi connectivity index (χ1n) is 10.4. The van der Waals surface area contributed by atoms with Crippen molar-refractivity contribution in [3.8, 4) is 0 Å². The van der Waals surface area contributed by atoms with Gasteiger partial charge in [0.2, 0.25) is 11.8 Å². The quantitative estimate of drug-likeness (QED) is 0.252. The molecular formula is C23H21N5O6. The molecule has 2 atom stereocenters. The summed E-state index contributed by atoms with van der Waals surface area (Å²) in [4.78, 5) is 68.0. The summed E-state index contributed by atoms with van der Waals surface area (Å²) in [5, 5.41) is 12.6. The molecule has 0 bridgehead atoms. The van der Waals surface area contributed by atoms with E-state index >= 15 is 0 Å². The van der Waals surface area contributed by atoms with Gasteiger partial charge < -0.3 is 26.1 Å². The van der Waals surface area contributed by atoms with Crippen LogP contribution in [0.4, 0.5) is 0 Å². The SMILES string of the molecule is NC(=O)CC(NC(=O)C(Cc1c[nH]c2ccccc12)n1c(=O)[nH]c2ccccc2c1=O)C(=O)O. The third-order valence-corrected chi connectivity index (χ3v) is 5.56. The van der Waals surface area contributed by atoms with E-state index < -0.39 is 47.5 Å². The van der Waals surface area contributed by atoms with Gasteiger partial charge in [0.1, 0.15) is 12.1 Å². The first kappa shape index (κ1) is 22.5. The van der Waals surface area contributed by atoms with E-state index in [0.29, 0.717) is 11.1 Å². The number of hydrogen-bond acceptors (Lipinski definition) is 5. The highest BCUT2D eigenvalue weighted by molar-refractivity contribution is 5.90. The zero-order valence-corrected chi connectivity index (χ0v) is 17.8. The molecule has 174 valence electrons. The van der Waals surface area contributed by atoms with Crippen LogP contribution in [0.5, 0.6) is 0 Å². The van der Waals surface area contributed by atoms with Crippen molar-refractivity contribution < 1.29 is 19.5 Å². The fourth-order valence-corrected chi connectivity index (χ4v) is 3.94. The van der Waals surface area contributed by atoms with Crippen LogP contribution in [0.25, 0.3) is 21.8 Å². The molecule has 2 unspecified atom stereocenters. The number of carbonyl (C=O) groups excluding carboxylic acids is 2. The second kappa shape index (κ2) is 9.06. The number of rotatable bonds is 8. The lowest BCUT2D eigenvalue weighted by Gasteiger charge is -2.21. The van der Waals surface area contributed by atoms with E-state index in [-0.39, 0.29) is 11.8 Å². The molecule has 34 heavy (non-hydrogen) atoms. The Hall–Kier alpha value is -4.67. The van der Waals surface area contributed by atoms with Crippen LogP contribution in [0.1, 0.15) is 18.0 Å². The molecule has 2 heterocycles. The molecule has 0 fully saturated rings. The molecule has 0 spiro atoms.